The van der Waals surface area contributed by atoms with Crippen LogP contribution in [0.3, 0.4) is 0 Å². The van der Waals surface area contributed by atoms with Gasteiger partial charge in [-0.1, -0.05) is 36.4 Å². The Balaban J connectivity index is 1.46. The molecule has 0 radical (unpaired) electrons. The molecule has 2 aromatic carbocycles. The Morgan fingerprint density at radius 3 is 2.48 bits per heavy atom. The largest absolute Gasteiger partial charge is 0.378 e. The maximum atomic E-state index is 13.3. The standard InChI is InChI=1S/C24H28N4O3/c1-26(2)19-12-10-17(11-13-19)15-27(3)21(29)16-28-22(30)24(25-23(28)31)14-6-8-18-7-4-5-9-20(18)24/h4-5,7,9-13H,6,8,14-16H2,1-3H3,(H,25,31)/t24-/m1/s1. The summed E-state index contributed by atoms with van der Waals surface area (Å²) in [5.41, 5.74) is 2.94. The van der Waals surface area contributed by atoms with Crippen LogP contribution in [-0.4, -0.2) is 55.3 Å². The first-order chi connectivity index (χ1) is 14.8. The van der Waals surface area contributed by atoms with Gasteiger partial charge in [0.15, 0.2) is 0 Å². The molecular weight excluding hydrogens is 392 g/mol. The van der Waals surface area contributed by atoms with Crippen LogP contribution in [0, 0.1) is 0 Å². The highest BCUT2D eigenvalue weighted by atomic mass is 16.2. The van der Waals surface area contributed by atoms with E-state index in [0.717, 1.165) is 40.1 Å². The number of aryl methyl sites for hydroxylation is 1. The molecule has 1 saturated heterocycles. The molecule has 162 valence electrons. The maximum absolute atomic E-state index is 13.3. The average Bonchev–Trinajstić information content (AvgIpc) is 2.99. The lowest BCUT2D eigenvalue weighted by molar-refractivity contribution is -0.139. The molecule has 2 aliphatic rings. The minimum atomic E-state index is -1.05. The summed E-state index contributed by atoms with van der Waals surface area (Å²) in [6, 6.07) is 15.2. The first kappa shape index (κ1) is 20.9. The minimum absolute atomic E-state index is 0.263. The SMILES string of the molecule is CN(Cc1ccc(N(C)C)cc1)C(=O)CN1C(=O)N[C@@]2(CCCc3ccccc32)C1=O. The van der Waals surface area contributed by atoms with Crippen molar-refractivity contribution < 1.29 is 14.4 Å². The third-order valence-electron chi connectivity index (χ3n) is 6.24. The number of rotatable bonds is 5. The number of nitrogens with zero attached hydrogens (tertiary/aromatic N) is 3. The van der Waals surface area contributed by atoms with Crippen LogP contribution in [0.5, 0.6) is 0 Å². The van der Waals surface area contributed by atoms with Gasteiger partial charge in [-0.05, 0) is 48.1 Å². The van der Waals surface area contributed by atoms with E-state index in [4.69, 9.17) is 0 Å². The third kappa shape index (κ3) is 3.76. The summed E-state index contributed by atoms with van der Waals surface area (Å²) in [5, 5.41) is 2.90. The smallest absolute Gasteiger partial charge is 0.325 e. The second kappa shape index (κ2) is 8.06. The van der Waals surface area contributed by atoms with Crippen molar-refractivity contribution in [3.8, 4) is 0 Å². The lowest BCUT2D eigenvalue weighted by Crippen LogP contribution is -2.47. The summed E-state index contributed by atoms with van der Waals surface area (Å²) in [5.74, 6) is -0.608. The third-order valence-corrected chi connectivity index (χ3v) is 6.24. The fraction of sp³-hybridized carbons (Fsp3) is 0.375. The lowest BCUT2D eigenvalue weighted by Gasteiger charge is -2.33. The van der Waals surface area contributed by atoms with Gasteiger partial charge >= 0.3 is 6.03 Å². The van der Waals surface area contributed by atoms with Crippen LogP contribution >= 0.6 is 0 Å². The number of nitrogens with one attached hydrogen (secondary N) is 1. The van der Waals surface area contributed by atoms with Crippen molar-refractivity contribution in [2.24, 2.45) is 0 Å². The fourth-order valence-electron chi connectivity index (χ4n) is 4.47. The Bertz CT molecular complexity index is 1020. The van der Waals surface area contributed by atoms with E-state index >= 15 is 0 Å². The number of amides is 4. The number of carbonyl (C=O) groups is 3. The second-order valence-electron chi connectivity index (χ2n) is 8.55. The van der Waals surface area contributed by atoms with Crippen molar-refractivity contribution in [2.45, 2.75) is 31.3 Å². The molecule has 7 nitrogen and oxygen atoms in total. The summed E-state index contributed by atoms with van der Waals surface area (Å²) in [7, 11) is 5.63. The minimum Gasteiger partial charge on any atom is -0.378 e. The van der Waals surface area contributed by atoms with Gasteiger partial charge in [-0.3, -0.25) is 14.5 Å². The lowest BCUT2D eigenvalue weighted by atomic mass is 9.76. The Morgan fingerprint density at radius 2 is 1.77 bits per heavy atom. The normalized spacial score (nSPS) is 19.9. The van der Waals surface area contributed by atoms with Gasteiger partial charge in [-0.15, -0.1) is 0 Å². The number of benzene rings is 2. The Labute approximate surface area is 182 Å². The van der Waals surface area contributed by atoms with Crippen LogP contribution in [-0.2, 0) is 28.1 Å². The van der Waals surface area contributed by atoms with Gasteiger partial charge in [0, 0.05) is 33.4 Å². The molecule has 1 N–H and O–H groups in total. The van der Waals surface area contributed by atoms with Crippen LogP contribution < -0.4 is 10.2 Å². The first-order valence-electron chi connectivity index (χ1n) is 10.5. The summed E-state index contributed by atoms with van der Waals surface area (Å²) < 4.78 is 0. The van der Waals surface area contributed by atoms with Crippen molar-refractivity contribution >= 4 is 23.5 Å². The molecule has 4 rings (SSSR count). The van der Waals surface area contributed by atoms with Crippen molar-refractivity contribution in [3.05, 3.63) is 65.2 Å². The van der Waals surface area contributed by atoms with E-state index in [1.165, 1.54) is 0 Å². The molecule has 31 heavy (non-hydrogen) atoms. The number of anilines is 1. The number of urea groups is 1. The van der Waals surface area contributed by atoms with Crippen molar-refractivity contribution in [3.63, 3.8) is 0 Å². The summed E-state index contributed by atoms with van der Waals surface area (Å²) in [6.07, 6.45) is 2.25. The Hall–Kier alpha value is -3.35. The fourth-order valence-corrected chi connectivity index (χ4v) is 4.47. The van der Waals surface area contributed by atoms with E-state index < -0.39 is 11.6 Å². The first-order valence-corrected chi connectivity index (χ1v) is 10.5. The van der Waals surface area contributed by atoms with E-state index in [-0.39, 0.29) is 18.4 Å². The quantitative estimate of drug-likeness (QED) is 0.755. The Morgan fingerprint density at radius 1 is 1.06 bits per heavy atom. The number of hydrogen-bond acceptors (Lipinski definition) is 4. The predicted octanol–water partition coefficient (Wildman–Crippen LogP) is 2.49. The van der Waals surface area contributed by atoms with Crippen molar-refractivity contribution in [1.82, 2.24) is 15.1 Å². The zero-order valence-corrected chi connectivity index (χ0v) is 18.2. The molecule has 1 fully saturated rings. The molecule has 2 aromatic rings. The number of fused-ring (bicyclic) bond motifs is 2. The van der Waals surface area contributed by atoms with Crippen LogP contribution in [0.15, 0.2) is 48.5 Å². The second-order valence-corrected chi connectivity index (χ2v) is 8.55. The van der Waals surface area contributed by atoms with Gasteiger partial charge in [0.05, 0.1) is 0 Å². The van der Waals surface area contributed by atoms with Crippen LogP contribution in [0.2, 0.25) is 0 Å². The number of carbonyl (C=O) groups excluding carboxylic acids is 3. The number of imide groups is 1. The number of likely N-dealkylation sites (N-methyl/N-ethyl adjacent to an activating group) is 1. The molecule has 1 spiro atoms. The topological polar surface area (TPSA) is 73.0 Å². The van der Waals surface area contributed by atoms with Gasteiger partial charge in [0.2, 0.25) is 5.91 Å². The molecule has 1 aliphatic carbocycles. The highest BCUT2D eigenvalue weighted by molar-refractivity contribution is 6.09. The van der Waals surface area contributed by atoms with Crippen LogP contribution in [0.1, 0.15) is 29.5 Å². The van der Waals surface area contributed by atoms with E-state index in [1.807, 2.05) is 67.5 Å². The van der Waals surface area contributed by atoms with Gasteiger partial charge in [-0.2, -0.15) is 0 Å². The maximum Gasteiger partial charge on any atom is 0.325 e. The molecule has 4 amide bonds. The van der Waals surface area contributed by atoms with Gasteiger partial charge in [0.1, 0.15) is 12.1 Å². The summed E-state index contributed by atoms with van der Waals surface area (Å²) >= 11 is 0. The van der Waals surface area contributed by atoms with Crippen LogP contribution in [0.4, 0.5) is 10.5 Å². The van der Waals surface area contributed by atoms with E-state index in [1.54, 1.807) is 11.9 Å². The molecule has 0 unspecified atom stereocenters. The van der Waals surface area contributed by atoms with Gasteiger partial charge < -0.3 is 15.1 Å². The zero-order valence-electron chi connectivity index (χ0n) is 18.2. The Kier molecular flexibility index (Phi) is 5.43. The molecule has 0 bridgehead atoms. The highest BCUT2D eigenvalue weighted by Gasteiger charge is 2.54. The molecule has 1 heterocycles. The van der Waals surface area contributed by atoms with Crippen molar-refractivity contribution in [2.75, 3.05) is 32.6 Å². The van der Waals surface area contributed by atoms with Gasteiger partial charge in [0.25, 0.3) is 5.91 Å². The van der Waals surface area contributed by atoms with Gasteiger partial charge in [-0.25, -0.2) is 4.79 Å². The van der Waals surface area contributed by atoms with E-state index in [0.29, 0.717) is 13.0 Å². The zero-order chi connectivity index (χ0) is 22.2. The van der Waals surface area contributed by atoms with Crippen LogP contribution in [0.25, 0.3) is 0 Å². The van der Waals surface area contributed by atoms with E-state index in [9.17, 15) is 14.4 Å². The molecule has 7 heteroatoms. The predicted molar refractivity (Wildman–Crippen MR) is 119 cm³/mol. The molecule has 0 aromatic heterocycles. The molecule has 0 saturated carbocycles. The summed E-state index contributed by atoms with van der Waals surface area (Å²) in [4.78, 5) is 43.5. The summed E-state index contributed by atoms with van der Waals surface area (Å²) in [6.45, 7) is 0.144. The average molecular weight is 421 g/mol. The van der Waals surface area contributed by atoms with E-state index in [2.05, 4.69) is 5.32 Å². The monoisotopic (exact) mass is 420 g/mol. The number of hydrogen-bond donors (Lipinski definition) is 1. The molecular formula is C24H28N4O3. The molecule has 1 aliphatic heterocycles. The molecule has 1 atom stereocenters. The highest BCUT2D eigenvalue weighted by Crippen LogP contribution is 2.39. The van der Waals surface area contributed by atoms with Crippen molar-refractivity contribution in [1.29, 1.82) is 0 Å².